The summed E-state index contributed by atoms with van der Waals surface area (Å²) >= 11 is 0. The summed E-state index contributed by atoms with van der Waals surface area (Å²) in [5, 5.41) is 0. The van der Waals surface area contributed by atoms with Gasteiger partial charge in [-0.25, -0.2) is 0 Å². The van der Waals surface area contributed by atoms with E-state index < -0.39 is 9.28 Å². The van der Waals surface area contributed by atoms with Crippen molar-refractivity contribution in [3.05, 3.63) is 0 Å². The van der Waals surface area contributed by atoms with E-state index in [1.54, 1.807) is 7.11 Å². The maximum Gasteiger partial charge on any atom is 0.380 e. The highest BCUT2D eigenvalue weighted by molar-refractivity contribution is 6.42. The third-order valence-electron chi connectivity index (χ3n) is 2.14. The Labute approximate surface area is 87.3 Å². The van der Waals surface area contributed by atoms with Crippen LogP contribution in [0.2, 0.25) is 6.55 Å². The van der Waals surface area contributed by atoms with Crippen molar-refractivity contribution in [3.8, 4) is 0 Å². The van der Waals surface area contributed by atoms with Crippen molar-refractivity contribution in [3.63, 3.8) is 0 Å². The molecule has 0 saturated carbocycles. The second-order valence-corrected chi connectivity index (χ2v) is 5.01. The normalized spacial score (nSPS) is 22.7. The van der Waals surface area contributed by atoms with Gasteiger partial charge < -0.3 is 18.3 Å². The van der Waals surface area contributed by atoms with Crippen molar-refractivity contribution in [1.82, 2.24) is 0 Å². The van der Waals surface area contributed by atoms with Crippen LogP contribution in [0.1, 0.15) is 13.3 Å². The summed E-state index contributed by atoms with van der Waals surface area (Å²) in [5.74, 6) is 0. The van der Waals surface area contributed by atoms with Crippen molar-refractivity contribution >= 4 is 9.28 Å². The average molecular weight is 219 g/mol. The van der Waals surface area contributed by atoms with Crippen LogP contribution < -0.4 is 0 Å². The Kier molecular flexibility index (Phi) is 5.65. The molecule has 1 aliphatic heterocycles. The minimum Gasteiger partial charge on any atom is -0.397 e. The molecule has 1 heterocycles. The molecule has 2 atom stereocenters. The maximum absolute atomic E-state index is 5.62. The molecule has 1 rings (SSSR count). The summed E-state index contributed by atoms with van der Waals surface area (Å²) in [4.78, 5) is 0. The lowest BCUT2D eigenvalue weighted by Gasteiger charge is -2.17. The number of rotatable bonds is 8. The van der Waals surface area contributed by atoms with E-state index in [1.165, 1.54) is 0 Å². The molecule has 0 aromatic heterocycles. The molecule has 0 aromatic rings. The fraction of sp³-hybridized carbons (Fsp3) is 1.00. The Balaban J connectivity index is 2.03. The lowest BCUT2D eigenvalue weighted by atomic mass is 10.3. The van der Waals surface area contributed by atoms with Gasteiger partial charge in [0.25, 0.3) is 0 Å². The Hall–Kier alpha value is 0.0569. The van der Waals surface area contributed by atoms with Gasteiger partial charge in [0, 0.05) is 7.11 Å². The van der Waals surface area contributed by atoms with Gasteiger partial charge in [-0.3, -0.25) is 0 Å². The van der Waals surface area contributed by atoms with Gasteiger partial charge in [0.2, 0.25) is 0 Å². The lowest BCUT2D eigenvalue weighted by molar-refractivity contribution is 0.00530. The van der Waals surface area contributed by atoms with Crippen LogP contribution in [0.4, 0.5) is 0 Å². The first kappa shape index (κ1) is 12.1. The smallest absolute Gasteiger partial charge is 0.380 e. The number of hydrogen-bond acceptors (Lipinski definition) is 4. The molecule has 2 unspecified atom stereocenters. The summed E-state index contributed by atoms with van der Waals surface area (Å²) < 4.78 is 21.3. The summed E-state index contributed by atoms with van der Waals surface area (Å²) in [7, 11) is 0.607. The largest absolute Gasteiger partial charge is 0.397 e. The van der Waals surface area contributed by atoms with Gasteiger partial charge >= 0.3 is 9.28 Å². The van der Waals surface area contributed by atoms with Crippen LogP contribution in [0.5, 0.6) is 0 Å². The highest BCUT2D eigenvalue weighted by atomic mass is 28.3. The molecule has 0 spiro atoms. The fourth-order valence-electron chi connectivity index (χ4n) is 0.961. The summed E-state index contributed by atoms with van der Waals surface area (Å²) in [6.45, 7) is 6.23. The molecular weight excluding hydrogens is 200 g/mol. The van der Waals surface area contributed by atoms with Crippen LogP contribution in [0.25, 0.3) is 0 Å². The predicted molar refractivity (Wildman–Crippen MR) is 54.4 cm³/mol. The summed E-state index contributed by atoms with van der Waals surface area (Å²) in [6.07, 6.45) is 1.47. The monoisotopic (exact) mass is 219 g/mol. The second kappa shape index (κ2) is 6.52. The van der Waals surface area contributed by atoms with Crippen LogP contribution in [0.15, 0.2) is 0 Å². The third-order valence-corrected chi connectivity index (χ3v) is 3.28. The summed E-state index contributed by atoms with van der Waals surface area (Å²) in [6, 6.07) is 0. The molecule has 1 saturated heterocycles. The van der Waals surface area contributed by atoms with Crippen LogP contribution in [-0.2, 0) is 18.3 Å². The highest BCUT2D eigenvalue weighted by Crippen LogP contribution is 2.11. The van der Waals surface area contributed by atoms with Crippen LogP contribution in [0.3, 0.4) is 0 Å². The van der Waals surface area contributed by atoms with E-state index in [0.29, 0.717) is 19.3 Å². The molecule has 0 aliphatic carbocycles. The molecule has 0 bridgehead atoms. The van der Waals surface area contributed by atoms with E-state index in [9.17, 15) is 0 Å². The molecule has 5 heteroatoms. The van der Waals surface area contributed by atoms with Crippen molar-refractivity contribution in [2.75, 3.05) is 26.9 Å². The Morgan fingerprint density at radius 2 is 2.29 bits per heavy atom. The van der Waals surface area contributed by atoms with Gasteiger partial charge in [-0.05, 0) is 13.0 Å². The van der Waals surface area contributed by atoms with E-state index in [-0.39, 0.29) is 6.10 Å². The zero-order valence-corrected chi connectivity index (χ0v) is 10.1. The van der Waals surface area contributed by atoms with E-state index in [0.717, 1.165) is 13.0 Å². The molecule has 83 valence electrons. The predicted octanol–water partition coefficient (Wildman–Crippen LogP) is 0.961. The zero-order chi connectivity index (χ0) is 10.4. The van der Waals surface area contributed by atoms with E-state index in [2.05, 4.69) is 6.92 Å². The van der Waals surface area contributed by atoms with Gasteiger partial charge in [0.05, 0.1) is 25.9 Å². The average Bonchev–Trinajstić information content (AvgIpc) is 3.01. The van der Waals surface area contributed by atoms with Gasteiger partial charge in [0.15, 0.2) is 0 Å². The molecule has 1 radical (unpaired) electrons. The summed E-state index contributed by atoms with van der Waals surface area (Å²) in [5.41, 5.74) is 0. The first-order valence-electron chi connectivity index (χ1n) is 4.99. The van der Waals surface area contributed by atoms with Crippen LogP contribution >= 0.6 is 0 Å². The van der Waals surface area contributed by atoms with Crippen molar-refractivity contribution in [2.45, 2.75) is 32.1 Å². The highest BCUT2D eigenvalue weighted by Gasteiger charge is 2.24. The second-order valence-electron chi connectivity index (χ2n) is 3.33. The van der Waals surface area contributed by atoms with Crippen LogP contribution in [-0.4, -0.2) is 48.4 Å². The first-order valence-corrected chi connectivity index (χ1v) is 6.81. The number of hydrogen-bond donors (Lipinski definition) is 0. The van der Waals surface area contributed by atoms with E-state index in [4.69, 9.17) is 18.3 Å². The standard InChI is InChI=1S/C9H19O4Si/c1-4-8(7-13-14(3)10-2)11-5-9-6-12-9/h8-9H,4-7H2,1-3H3. The number of ether oxygens (including phenoxy) is 2. The lowest BCUT2D eigenvalue weighted by Crippen LogP contribution is -2.27. The van der Waals surface area contributed by atoms with Crippen LogP contribution in [0, 0.1) is 0 Å². The molecule has 0 aromatic carbocycles. The van der Waals surface area contributed by atoms with Gasteiger partial charge in [-0.1, -0.05) is 6.92 Å². The minimum atomic E-state index is -1.07. The van der Waals surface area contributed by atoms with E-state index in [1.807, 2.05) is 6.55 Å². The molecule has 0 amide bonds. The topological polar surface area (TPSA) is 40.2 Å². The molecule has 0 N–H and O–H groups in total. The van der Waals surface area contributed by atoms with Gasteiger partial charge in [-0.2, -0.15) is 0 Å². The maximum atomic E-state index is 5.62. The Morgan fingerprint density at radius 3 is 2.79 bits per heavy atom. The van der Waals surface area contributed by atoms with Crippen molar-refractivity contribution < 1.29 is 18.3 Å². The quantitative estimate of drug-likeness (QED) is 0.450. The Morgan fingerprint density at radius 1 is 1.57 bits per heavy atom. The van der Waals surface area contributed by atoms with Gasteiger partial charge in [-0.15, -0.1) is 0 Å². The molecule has 4 nitrogen and oxygen atoms in total. The Bertz CT molecular complexity index is 152. The fourth-order valence-corrected chi connectivity index (χ4v) is 1.50. The third kappa shape index (κ3) is 5.07. The molecule has 1 aliphatic rings. The first-order chi connectivity index (χ1) is 6.76. The molecule has 14 heavy (non-hydrogen) atoms. The molecule has 1 fully saturated rings. The minimum absolute atomic E-state index is 0.175. The number of epoxide rings is 1. The van der Waals surface area contributed by atoms with Crippen molar-refractivity contribution in [1.29, 1.82) is 0 Å². The van der Waals surface area contributed by atoms with Gasteiger partial charge in [0.1, 0.15) is 6.10 Å². The zero-order valence-electron chi connectivity index (χ0n) is 9.12. The SMILES string of the molecule is CCC(CO[Si](C)OC)OCC1CO1. The van der Waals surface area contributed by atoms with Crippen molar-refractivity contribution in [2.24, 2.45) is 0 Å². The van der Waals surface area contributed by atoms with E-state index >= 15 is 0 Å². The molecular formula is C9H19O4Si.